The number of rotatable bonds is 5. The largest absolute Gasteiger partial charge is 0.326 e. The van der Waals surface area contributed by atoms with E-state index >= 15 is 0 Å². The van der Waals surface area contributed by atoms with E-state index in [1.165, 1.54) is 24.0 Å². The van der Waals surface area contributed by atoms with Crippen LogP contribution in [0, 0.1) is 11.8 Å². The number of anilines is 1. The van der Waals surface area contributed by atoms with Crippen molar-refractivity contribution in [3.8, 4) is 0 Å². The number of carbonyl (C=O) groups excluding carboxylic acids is 1. The Morgan fingerprint density at radius 3 is 2.90 bits per heavy atom. The molecule has 0 saturated heterocycles. The minimum absolute atomic E-state index is 0.151. The van der Waals surface area contributed by atoms with Crippen LogP contribution >= 0.6 is 0 Å². The number of amides is 1. The van der Waals surface area contributed by atoms with Crippen LogP contribution in [0.1, 0.15) is 56.7 Å². The summed E-state index contributed by atoms with van der Waals surface area (Å²) in [5.41, 5.74) is 3.71. The fourth-order valence-corrected chi connectivity index (χ4v) is 3.42. The fraction of sp³-hybridized carbons (Fsp3) is 0.611. The lowest BCUT2D eigenvalue weighted by molar-refractivity contribution is -0.116. The van der Waals surface area contributed by atoms with E-state index in [-0.39, 0.29) is 5.91 Å². The van der Waals surface area contributed by atoms with E-state index < -0.39 is 0 Å². The molecule has 1 aliphatic heterocycles. The van der Waals surface area contributed by atoms with Crippen LogP contribution in [0.3, 0.4) is 0 Å². The molecular weight excluding hydrogens is 260 g/mol. The standard InChI is InChI=1S/C18H26N2O/c1-3-9-19-18(15-10-12(15)2)14-7-8-16-13(11-14)5-4-6-17(21)20-16/h7-8,11-12,15,18-19H,3-6,9-10H2,1-2H3,(H,20,21). The normalized spacial score (nSPS) is 25.7. The second kappa shape index (κ2) is 6.18. The highest BCUT2D eigenvalue weighted by atomic mass is 16.1. The van der Waals surface area contributed by atoms with Crippen molar-refractivity contribution in [2.45, 2.75) is 52.0 Å². The maximum atomic E-state index is 11.6. The van der Waals surface area contributed by atoms with Crippen molar-refractivity contribution in [2.24, 2.45) is 11.8 Å². The van der Waals surface area contributed by atoms with Crippen molar-refractivity contribution < 1.29 is 4.79 Å². The molecular formula is C18H26N2O. The zero-order valence-electron chi connectivity index (χ0n) is 13.1. The summed E-state index contributed by atoms with van der Waals surface area (Å²) in [7, 11) is 0. The molecule has 3 unspecified atom stereocenters. The number of aryl methyl sites for hydroxylation is 1. The first-order valence-corrected chi connectivity index (χ1v) is 8.35. The molecule has 0 spiro atoms. The second-order valence-electron chi connectivity index (χ2n) is 6.63. The Morgan fingerprint density at radius 2 is 2.19 bits per heavy atom. The average molecular weight is 286 g/mol. The lowest BCUT2D eigenvalue weighted by Crippen LogP contribution is -2.24. The first-order chi connectivity index (χ1) is 10.2. The van der Waals surface area contributed by atoms with Crippen molar-refractivity contribution in [1.29, 1.82) is 0 Å². The first-order valence-electron chi connectivity index (χ1n) is 8.35. The molecule has 3 nitrogen and oxygen atoms in total. The molecule has 0 radical (unpaired) electrons. The van der Waals surface area contributed by atoms with Crippen LogP contribution in [-0.4, -0.2) is 12.5 Å². The minimum Gasteiger partial charge on any atom is -0.326 e. The third kappa shape index (κ3) is 3.29. The van der Waals surface area contributed by atoms with Gasteiger partial charge in [-0.1, -0.05) is 26.0 Å². The molecule has 1 amide bonds. The Bertz CT molecular complexity index is 526. The first kappa shape index (κ1) is 14.6. The number of hydrogen-bond acceptors (Lipinski definition) is 2. The molecule has 1 heterocycles. The van der Waals surface area contributed by atoms with Gasteiger partial charge in [-0.05, 0) is 61.3 Å². The molecule has 0 aromatic heterocycles. The highest BCUT2D eigenvalue weighted by Gasteiger charge is 2.39. The zero-order chi connectivity index (χ0) is 14.8. The molecule has 1 saturated carbocycles. The lowest BCUT2D eigenvalue weighted by atomic mass is 9.96. The van der Waals surface area contributed by atoms with Crippen molar-refractivity contribution in [2.75, 3.05) is 11.9 Å². The van der Waals surface area contributed by atoms with Gasteiger partial charge in [0.1, 0.15) is 0 Å². The third-order valence-corrected chi connectivity index (χ3v) is 4.83. The van der Waals surface area contributed by atoms with Gasteiger partial charge in [-0.2, -0.15) is 0 Å². The molecule has 1 aromatic rings. The van der Waals surface area contributed by atoms with Crippen LogP contribution in [0.15, 0.2) is 18.2 Å². The molecule has 3 rings (SSSR count). The van der Waals surface area contributed by atoms with Gasteiger partial charge in [0.05, 0.1) is 0 Å². The van der Waals surface area contributed by atoms with Crippen molar-refractivity contribution in [3.05, 3.63) is 29.3 Å². The number of benzene rings is 1. The molecule has 1 aliphatic carbocycles. The highest BCUT2D eigenvalue weighted by Crippen LogP contribution is 2.47. The lowest BCUT2D eigenvalue weighted by Gasteiger charge is -2.21. The minimum atomic E-state index is 0.151. The summed E-state index contributed by atoms with van der Waals surface area (Å²) in [5.74, 6) is 1.76. The van der Waals surface area contributed by atoms with Gasteiger partial charge in [0, 0.05) is 18.2 Å². The Balaban J connectivity index is 1.83. The average Bonchev–Trinajstić information content (AvgIpc) is 3.21. The molecule has 1 fully saturated rings. The van der Waals surface area contributed by atoms with Crippen molar-refractivity contribution in [1.82, 2.24) is 5.32 Å². The Morgan fingerprint density at radius 1 is 1.38 bits per heavy atom. The summed E-state index contributed by atoms with van der Waals surface area (Å²) >= 11 is 0. The Hall–Kier alpha value is -1.35. The zero-order valence-corrected chi connectivity index (χ0v) is 13.1. The maximum absolute atomic E-state index is 11.6. The molecule has 2 N–H and O–H groups in total. The van der Waals surface area contributed by atoms with Crippen LogP contribution in [0.4, 0.5) is 5.69 Å². The Kier molecular flexibility index (Phi) is 4.29. The predicted molar refractivity (Wildman–Crippen MR) is 86.3 cm³/mol. The maximum Gasteiger partial charge on any atom is 0.224 e. The summed E-state index contributed by atoms with van der Waals surface area (Å²) in [6, 6.07) is 7.09. The Labute approximate surface area is 127 Å². The van der Waals surface area contributed by atoms with Gasteiger partial charge in [-0.15, -0.1) is 0 Å². The van der Waals surface area contributed by atoms with Gasteiger partial charge in [0.15, 0.2) is 0 Å². The van der Waals surface area contributed by atoms with E-state index in [1.54, 1.807) is 0 Å². The van der Waals surface area contributed by atoms with Crippen LogP contribution < -0.4 is 10.6 Å². The van der Waals surface area contributed by atoms with Crippen molar-refractivity contribution >= 4 is 11.6 Å². The topological polar surface area (TPSA) is 41.1 Å². The molecule has 0 bridgehead atoms. The summed E-state index contributed by atoms with van der Waals surface area (Å²) in [6.45, 7) is 5.63. The van der Waals surface area contributed by atoms with Crippen LogP contribution in [0.2, 0.25) is 0 Å². The van der Waals surface area contributed by atoms with E-state index in [4.69, 9.17) is 0 Å². The van der Waals surface area contributed by atoms with Gasteiger partial charge in [-0.3, -0.25) is 4.79 Å². The van der Waals surface area contributed by atoms with E-state index in [9.17, 15) is 4.79 Å². The number of hydrogen-bond donors (Lipinski definition) is 2. The van der Waals surface area contributed by atoms with E-state index in [2.05, 4.69) is 42.7 Å². The van der Waals surface area contributed by atoms with Gasteiger partial charge in [0.2, 0.25) is 5.91 Å². The van der Waals surface area contributed by atoms with Crippen molar-refractivity contribution in [3.63, 3.8) is 0 Å². The fourth-order valence-electron chi connectivity index (χ4n) is 3.42. The molecule has 1 aromatic carbocycles. The molecule has 2 aliphatic rings. The summed E-state index contributed by atoms with van der Waals surface area (Å²) in [5, 5.41) is 6.75. The summed E-state index contributed by atoms with van der Waals surface area (Å²) in [6.07, 6.45) is 5.09. The molecule has 3 heteroatoms. The predicted octanol–water partition coefficient (Wildman–Crippen LogP) is 3.66. The SMILES string of the molecule is CCCNC(c1ccc2c(c1)CCCC(=O)N2)C1CC1C. The van der Waals surface area contributed by atoms with E-state index in [0.29, 0.717) is 12.5 Å². The quantitative estimate of drug-likeness (QED) is 0.867. The van der Waals surface area contributed by atoms with Crippen LogP contribution in [0.25, 0.3) is 0 Å². The van der Waals surface area contributed by atoms with Gasteiger partial charge in [-0.25, -0.2) is 0 Å². The van der Waals surface area contributed by atoms with Gasteiger partial charge in [0.25, 0.3) is 0 Å². The molecule has 21 heavy (non-hydrogen) atoms. The van der Waals surface area contributed by atoms with E-state index in [1.807, 2.05) is 0 Å². The molecule has 3 atom stereocenters. The van der Waals surface area contributed by atoms with Crippen LogP contribution in [-0.2, 0) is 11.2 Å². The highest BCUT2D eigenvalue weighted by molar-refractivity contribution is 5.92. The van der Waals surface area contributed by atoms with Gasteiger partial charge < -0.3 is 10.6 Å². The number of nitrogens with one attached hydrogen (secondary N) is 2. The number of carbonyl (C=O) groups is 1. The number of fused-ring (bicyclic) bond motifs is 1. The smallest absolute Gasteiger partial charge is 0.224 e. The third-order valence-electron chi connectivity index (χ3n) is 4.83. The van der Waals surface area contributed by atoms with Gasteiger partial charge >= 0.3 is 0 Å². The van der Waals surface area contributed by atoms with E-state index in [0.717, 1.165) is 36.9 Å². The summed E-state index contributed by atoms with van der Waals surface area (Å²) in [4.78, 5) is 11.6. The second-order valence-corrected chi connectivity index (χ2v) is 6.63. The molecule has 114 valence electrons. The summed E-state index contributed by atoms with van der Waals surface area (Å²) < 4.78 is 0. The monoisotopic (exact) mass is 286 g/mol. The van der Waals surface area contributed by atoms with Crippen LogP contribution in [0.5, 0.6) is 0 Å².